The van der Waals surface area contributed by atoms with Crippen LogP contribution in [0.5, 0.6) is 5.75 Å². The average molecular weight is 291 g/mol. The van der Waals surface area contributed by atoms with E-state index in [2.05, 4.69) is 5.32 Å². The third-order valence-electron chi connectivity index (χ3n) is 2.98. The zero-order valence-electron chi connectivity index (χ0n) is 11.5. The number of hydrogen-bond acceptors (Lipinski definition) is 4. The molecule has 20 heavy (non-hydrogen) atoms. The van der Waals surface area contributed by atoms with Crippen molar-refractivity contribution in [2.24, 2.45) is 0 Å². The third kappa shape index (κ3) is 3.59. The van der Waals surface area contributed by atoms with Crippen LogP contribution in [0.2, 0.25) is 0 Å². The fourth-order valence-corrected chi connectivity index (χ4v) is 2.50. The third-order valence-corrected chi connectivity index (χ3v) is 3.66. The number of methoxy groups -OCH3 is 2. The molecule has 0 saturated carbocycles. The highest BCUT2D eigenvalue weighted by Crippen LogP contribution is 2.21. The van der Waals surface area contributed by atoms with Gasteiger partial charge in [0.15, 0.2) is 0 Å². The van der Waals surface area contributed by atoms with Gasteiger partial charge in [-0.2, -0.15) is 11.3 Å². The Hall–Kier alpha value is -1.85. The highest BCUT2D eigenvalue weighted by Gasteiger charge is 2.13. The van der Waals surface area contributed by atoms with E-state index < -0.39 is 0 Å². The van der Waals surface area contributed by atoms with Crippen molar-refractivity contribution in [2.45, 2.75) is 6.10 Å². The Morgan fingerprint density at radius 2 is 2.20 bits per heavy atom. The van der Waals surface area contributed by atoms with Crippen LogP contribution in [-0.4, -0.2) is 26.7 Å². The van der Waals surface area contributed by atoms with Gasteiger partial charge >= 0.3 is 0 Å². The first kappa shape index (κ1) is 14.6. The van der Waals surface area contributed by atoms with Crippen molar-refractivity contribution < 1.29 is 14.3 Å². The first-order valence-electron chi connectivity index (χ1n) is 6.21. The molecule has 2 rings (SSSR count). The maximum Gasteiger partial charge on any atom is 0.252 e. The quantitative estimate of drug-likeness (QED) is 0.890. The van der Waals surface area contributed by atoms with E-state index in [9.17, 15) is 4.79 Å². The number of carbonyl (C=O) groups excluding carboxylic acids is 1. The summed E-state index contributed by atoms with van der Waals surface area (Å²) in [6, 6.07) is 9.44. The molecule has 0 saturated heterocycles. The molecule has 0 aliphatic heterocycles. The zero-order valence-corrected chi connectivity index (χ0v) is 12.3. The van der Waals surface area contributed by atoms with Gasteiger partial charge in [-0.3, -0.25) is 4.79 Å². The highest BCUT2D eigenvalue weighted by molar-refractivity contribution is 7.08. The Balaban J connectivity index is 2.00. The Bertz CT molecular complexity index is 554. The van der Waals surface area contributed by atoms with Crippen molar-refractivity contribution in [1.82, 2.24) is 5.32 Å². The van der Waals surface area contributed by atoms with Gasteiger partial charge in [0.05, 0.1) is 13.2 Å². The Morgan fingerprint density at radius 1 is 1.35 bits per heavy atom. The van der Waals surface area contributed by atoms with E-state index in [-0.39, 0.29) is 12.0 Å². The minimum absolute atomic E-state index is 0.0869. The molecule has 0 radical (unpaired) electrons. The van der Waals surface area contributed by atoms with E-state index in [0.717, 1.165) is 11.3 Å². The lowest BCUT2D eigenvalue weighted by atomic mass is 10.1. The summed E-state index contributed by atoms with van der Waals surface area (Å²) < 4.78 is 10.6. The van der Waals surface area contributed by atoms with Crippen LogP contribution >= 0.6 is 11.3 Å². The summed E-state index contributed by atoms with van der Waals surface area (Å²) in [6.07, 6.45) is -0.201. The van der Waals surface area contributed by atoms with E-state index in [4.69, 9.17) is 9.47 Å². The van der Waals surface area contributed by atoms with E-state index in [1.54, 1.807) is 20.3 Å². The van der Waals surface area contributed by atoms with E-state index in [1.165, 1.54) is 11.3 Å². The molecule has 1 amide bonds. The summed E-state index contributed by atoms with van der Waals surface area (Å²) in [4.78, 5) is 11.9. The number of nitrogens with one attached hydrogen (secondary N) is 1. The smallest absolute Gasteiger partial charge is 0.252 e. The number of carbonyl (C=O) groups is 1. The summed E-state index contributed by atoms with van der Waals surface area (Å²) in [5.74, 6) is 0.685. The van der Waals surface area contributed by atoms with Crippen LogP contribution < -0.4 is 10.1 Å². The Kier molecular flexibility index (Phi) is 5.15. The van der Waals surface area contributed by atoms with Crippen LogP contribution in [0.15, 0.2) is 41.1 Å². The molecule has 4 nitrogen and oxygen atoms in total. The maximum atomic E-state index is 11.9. The van der Waals surface area contributed by atoms with Crippen LogP contribution in [0.4, 0.5) is 0 Å². The highest BCUT2D eigenvalue weighted by atomic mass is 32.1. The Labute approximate surface area is 122 Å². The second-order valence-electron chi connectivity index (χ2n) is 4.22. The van der Waals surface area contributed by atoms with Crippen LogP contribution in [0.25, 0.3) is 0 Å². The molecule has 0 unspecified atom stereocenters. The molecule has 5 heteroatoms. The van der Waals surface area contributed by atoms with E-state index in [1.807, 2.05) is 35.0 Å². The van der Waals surface area contributed by atoms with Crippen LogP contribution in [0.3, 0.4) is 0 Å². The number of thiophene rings is 1. The summed E-state index contributed by atoms with van der Waals surface area (Å²) in [6.45, 7) is 0.415. The summed E-state index contributed by atoms with van der Waals surface area (Å²) >= 11 is 1.50. The van der Waals surface area contributed by atoms with E-state index >= 15 is 0 Å². The number of benzene rings is 1. The molecule has 0 fully saturated rings. The second kappa shape index (κ2) is 7.07. The number of hydrogen-bond donors (Lipinski definition) is 1. The van der Waals surface area contributed by atoms with Gasteiger partial charge in [0.1, 0.15) is 5.75 Å². The fourth-order valence-electron chi connectivity index (χ4n) is 1.86. The van der Waals surface area contributed by atoms with Gasteiger partial charge in [0, 0.05) is 24.6 Å². The summed E-state index contributed by atoms with van der Waals surface area (Å²) in [7, 11) is 3.25. The lowest BCUT2D eigenvalue weighted by Gasteiger charge is -2.17. The lowest BCUT2D eigenvalue weighted by Crippen LogP contribution is -2.28. The first-order chi connectivity index (χ1) is 9.74. The van der Waals surface area contributed by atoms with Gasteiger partial charge < -0.3 is 14.8 Å². The van der Waals surface area contributed by atoms with Gasteiger partial charge in [0.25, 0.3) is 5.91 Å². The van der Waals surface area contributed by atoms with Gasteiger partial charge in [-0.1, -0.05) is 12.1 Å². The van der Waals surface area contributed by atoms with Crippen molar-refractivity contribution in [3.63, 3.8) is 0 Å². The van der Waals surface area contributed by atoms with E-state index in [0.29, 0.717) is 12.1 Å². The first-order valence-corrected chi connectivity index (χ1v) is 7.16. The van der Waals surface area contributed by atoms with Gasteiger partial charge in [-0.15, -0.1) is 0 Å². The fraction of sp³-hybridized carbons (Fsp3) is 0.267. The molecule has 0 aliphatic carbocycles. The van der Waals surface area contributed by atoms with Crippen molar-refractivity contribution in [3.8, 4) is 5.75 Å². The largest absolute Gasteiger partial charge is 0.497 e. The van der Waals surface area contributed by atoms with Gasteiger partial charge in [-0.05, 0) is 29.1 Å². The summed E-state index contributed by atoms with van der Waals surface area (Å²) in [5.41, 5.74) is 1.65. The van der Waals surface area contributed by atoms with Gasteiger partial charge in [-0.25, -0.2) is 0 Å². The normalized spacial score (nSPS) is 11.9. The van der Waals surface area contributed by atoms with Crippen molar-refractivity contribution >= 4 is 17.2 Å². The predicted octanol–water partition coefficient (Wildman–Crippen LogP) is 2.87. The molecule has 0 aliphatic rings. The number of ether oxygens (including phenoxy) is 2. The summed E-state index contributed by atoms with van der Waals surface area (Å²) in [5, 5.41) is 6.58. The molecule has 1 aromatic carbocycles. The molecule has 0 spiro atoms. The second-order valence-corrected chi connectivity index (χ2v) is 5.00. The zero-order chi connectivity index (χ0) is 14.4. The average Bonchev–Trinajstić information content (AvgIpc) is 3.02. The standard InChI is InChI=1S/C15H17NO3S/c1-18-13-5-3-4-11(8-13)14(19-2)9-16-15(17)12-6-7-20-10-12/h3-8,10,14H,9H2,1-2H3,(H,16,17)/t14-/m1/s1. The SMILES string of the molecule is COc1cccc([C@@H](CNC(=O)c2ccsc2)OC)c1. The Morgan fingerprint density at radius 3 is 2.85 bits per heavy atom. The van der Waals surface area contributed by atoms with Crippen LogP contribution in [0, 0.1) is 0 Å². The maximum absolute atomic E-state index is 11.9. The van der Waals surface area contributed by atoms with Gasteiger partial charge in [0.2, 0.25) is 0 Å². The van der Waals surface area contributed by atoms with Crippen molar-refractivity contribution in [1.29, 1.82) is 0 Å². The molecule has 106 valence electrons. The van der Waals surface area contributed by atoms with Crippen molar-refractivity contribution in [2.75, 3.05) is 20.8 Å². The molecular formula is C15H17NO3S. The molecule has 2 aromatic rings. The minimum Gasteiger partial charge on any atom is -0.497 e. The molecule has 1 N–H and O–H groups in total. The van der Waals surface area contributed by atoms with Crippen molar-refractivity contribution in [3.05, 3.63) is 52.2 Å². The topological polar surface area (TPSA) is 47.6 Å². The molecule has 0 bridgehead atoms. The number of rotatable bonds is 6. The minimum atomic E-state index is -0.201. The van der Waals surface area contributed by atoms with Crippen LogP contribution in [-0.2, 0) is 4.74 Å². The molecule has 1 heterocycles. The molecule has 1 atom stereocenters. The van der Waals surface area contributed by atoms with Crippen LogP contribution in [0.1, 0.15) is 22.0 Å². The number of amides is 1. The lowest BCUT2D eigenvalue weighted by molar-refractivity contribution is 0.0827. The molecule has 1 aromatic heterocycles. The monoisotopic (exact) mass is 291 g/mol. The predicted molar refractivity (Wildman–Crippen MR) is 79.4 cm³/mol. The molecular weight excluding hydrogens is 274 g/mol.